The Morgan fingerprint density at radius 3 is 2.65 bits per heavy atom. The van der Waals surface area contributed by atoms with Crippen molar-refractivity contribution in [2.24, 2.45) is 0 Å². The maximum Gasteiger partial charge on any atom is 0.401 e. The summed E-state index contributed by atoms with van der Waals surface area (Å²) in [7, 11) is 0. The molecular weight excluding hydrogens is 253 g/mol. The van der Waals surface area contributed by atoms with E-state index >= 15 is 0 Å². The van der Waals surface area contributed by atoms with E-state index in [0.717, 1.165) is 5.56 Å². The predicted octanol–water partition coefficient (Wildman–Crippen LogP) is 3.51. The molecule has 2 nitrogen and oxygen atoms in total. The highest BCUT2D eigenvalue weighted by molar-refractivity contribution is 6.29. The second kappa shape index (κ2) is 6.21. The van der Waals surface area contributed by atoms with Gasteiger partial charge in [-0.05, 0) is 30.7 Å². The highest BCUT2D eigenvalue weighted by Crippen LogP contribution is 2.18. The second-order valence-electron chi connectivity index (χ2n) is 3.81. The molecule has 0 unspecified atom stereocenters. The van der Waals surface area contributed by atoms with Crippen LogP contribution in [0.3, 0.4) is 0 Å². The van der Waals surface area contributed by atoms with Crippen LogP contribution in [0.2, 0.25) is 5.15 Å². The maximum absolute atomic E-state index is 12.3. The predicted molar refractivity (Wildman–Crippen MR) is 60.9 cm³/mol. The van der Waals surface area contributed by atoms with Gasteiger partial charge in [-0.25, -0.2) is 4.98 Å². The molecule has 0 aliphatic heterocycles. The molecule has 0 aliphatic carbocycles. The molecule has 0 atom stereocenters. The van der Waals surface area contributed by atoms with Crippen molar-refractivity contribution in [2.75, 3.05) is 13.1 Å². The fourth-order valence-electron chi connectivity index (χ4n) is 1.58. The maximum atomic E-state index is 12.3. The Balaban J connectivity index is 2.66. The van der Waals surface area contributed by atoms with Crippen LogP contribution in [-0.4, -0.2) is 29.1 Å². The summed E-state index contributed by atoms with van der Waals surface area (Å²) >= 11 is 5.69. The minimum atomic E-state index is -4.17. The Labute approximate surface area is 103 Å². The standard InChI is InChI=1S/C11H14ClF3N2/c1-2-5-17(8-11(13,14)15)7-9-3-4-16-10(12)6-9/h3-4,6H,2,5,7-8H2,1H3. The molecule has 0 bridgehead atoms. The lowest BCUT2D eigenvalue weighted by atomic mass is 10.2. The first-order valence-corrected chi connectivity index (χ1v) is 5.68. The van der Waals surface area contributed by atoms with E-state index in [1.165, 1.54) is 11.1 Å². The highest BCUT2D eigenvalue weighted by Gasteiger charge is 2.30. The molecule has 0 saturated carbocycles. The first kappa shape index (κ1) is 14.3. The zero-order chi connectivity index (χ0) is 12.9. The average molecular weight is 267 g/mol. The van der Waals surface area contributed by atoms with E-state index in [4.69, 9.17) is 11.6 Å². The average Bonchev–Trinajstić information content (AvgIpc) is 2.15. The van der Waals surface area contributed by atoms with Crippen LogP contribution in [0.1, 0.15) is 18.9 Å². The Morgan fingerprint density at radius 1 is 1.41 bits per heavy atom. The summed E-state index contributed by atoms with van der Waals surface area (Å²) in [6, 6.07) is 3.26. The minimum Gasteiger partial charge on any atom is -0.291 e. The van der Waals surface area contributed by atoms with E-state index in [0.29, 0.717) is 18.1 Å². The van der Waals surface area contributed by atoms with E-state index in [1.54, 1.807) is 12.1 Å². The van der Waals surface area contributed by atoms with Gasteiger partial charge in [0.2, 0.25) is 0 Å². The third kappa shape index (κ3) is 5.89. The molecule has 0 saturated heterocycles. The van der Waals surface area contributed by atoms with Crippen LogP contribution in [0.25, 0.3) is 0 Å². The fourth-order valence-corrected chi connectivity index (χ4v) is 1.78. The lowest BCUT2D eigenvalue weighted by molar-refractivity contribution is -0.147. The van der Waals surface area contributed by atoms with Crippen LogP contribution >= 0.6 is 11.6 Å². The van der Waals surface area contributed by atoms with Gasteiger partial charge >= 0.3 is 6.18 Å². The van der Waals surface area contributed by atoms with Gasteiger partial charge in [0.05, 0.1) is 6.54 Å². The van der Waals surface area contributed by atoms with E-state index < -0.39 is 12.7 Å². The van der Waals surface area contributed by atoms with Gasteiger partial charge in [0.25, 0.3) is 0 Å². The number of nitrogens with zero attached hydrogens (tertiary/aromatic N) is 2. The van der Waals surface area contributed by atoms with Crippen LogP contribution in [-0.2, 0) is 6.54 Å². The Hall–Kier alpha value is -0.810. The van der Waals surface area contributed by atoms with E-state index in [9.17, 15) is 13.2 Å². The Kier molecular flexibility index (Phi) is 5.21. The van der Waals surface area contributed by atoms with Crippen molar-refractivity contribution in [2.45, 2.75) is 26.1 Å². The molecule has 1 rings (SSSR count). The van der Waals surface area contributed by atoms with Crippen molar-refractivity contribution in [1.82, 2.24) is 9.88 Å². The van der Waals surface area contributed by atoms with Crippen LogP contribution in [0.15, 0.2) is 18.3 Å². The topological polar surface area (TPSA) is 16.1 Å². The molecular formula is C11H14ClF3N2. The number of hydrogen-bond donors (Lipinski definition) is 0. The lowest BCUT2D eigenvalue weighted by Crippen LogP contribution is -2.34. The van der Waals surface area contributed by atoms with Gasteiger partial charge in [0, 0.05) is 12.7 Å². The second-order valence-corrected chi connectivity index (χ2v) is 4.20. The summed E-state index contributed by atoms with van der Waals surface area (Å²) in [6.07, 6.45) is -2.00. The molecule has 1 heterocycles. The molecule has 0 fully saturated rings. The number of pyridine rings is 1. The zero-order valence-corrected chi connectivity index (χ0v) is 10.2. The Morgan fingerprint density at radius 2 is 2.12 bits per heavy atom. The SMILES string of the molecule is CCCN(Cc1ccnc(Cl)c1)CC(F)(F)F. The highest BCUT2D eigenvalue weighted by atomic mass is 35.5. The first-order valence-electron chi connectivity index (χ1n) is 5.30. The summed E-state index contributed by atoms with van der Waals surface area (Å²) in [6.45, 7) is 1.58. The molecule has 1 aromatic rings. The lowest BCUT2D eigenvalue weighted by Gasteiger charge is -2.23. The molecule has 0 N–H and O–H groups in total. The molecule has 1 aromatic heterocycles. The van der Waals surface area contributed by atoms with Crippen molar-refractivity contribution in [1.29, 1.82) is 0 Å². The molecule has 0 spiro atoms. The quantitative estimate of drug-likeness (QED) is 0.758. The zero-order valence-electron chi connectivity index (χ0n) is 9.47. The van der Waals surface area contributed by atoms with Gasteiger partial charge in [0.15, 0.2) is 0 Å². The van der Waals surface area contributed by atoms with Gasteiger partial charge in [-0.15, -0.1) is 0 Å². The Bertz CT molecular complexity index is 355. The van der Waals surface area contributed by atoms with Gasteiger partial charge in [0.1, 0.15) is 5.15 Å². The summed E-state index contributed by atoms with van der Waals surface area (Å²) in [5.74, 6) is 0. The van der Waals surface area contributed by atoms with Crippen molar-refractivity contribution in [3.8, 4) is 0 Å². The van der Waals surface area contributed by atoms with Crippen LogP contribution in [0, 0.1) is 0 Å². The van der Waals surface area contributed by atoms with Gasteiger partial charge in [-0.2, -0.15) is 13.2 Å². The van der Waals surface area contributed by atoms with Crippen molar-refractivity contribution in [3.05, 3.63) is 29.0 Å². The summed E-state index contributed by atoms with van der Waals surface area (Å²) in [5.41, 5.74) is 0.739. The monoisotopic (exact) mass is 266 g/mol. The third-order valence-electron chi connectivity index (χ3n) is 2.14. The third-order valence-corrected chi connectivity index (χ3v) is 2.35. The van der Waals surface area contributed by atoms with Crippen molar-refractivity contribution in [3.63, 3.8) is 0 Å². The van der Waals surface area contributed by atoms with Crippen molar-refractivity contribution >= 4 is 11.6 Å². The molecule has 0 aliphatic rings. The van der Waals surface area contributed by atoms with E-state index in [-0.39, 0.29) is 6.54 Å². The summed E-state index contributed by atoms with van der Waals surface area (Å²) < 4.78 is 37.0. The fraction of sp³-hybridized carbons (Fsp3) is 0.545. The smallest absolute Gasteiger partial charge is 0.291 e. The molecule has 17 heavy (non-hydrogen) atoms. The van der Waals surface area contributed by atoms with Crippen molar-refractivity contribution < 1.29 is 13.2 Å². The van der Waals surface area contributed by atoms with Crippen LogP contribution < -0.4 is 0 Å². The number of alkyl halides is 3. The van der Waals surface area contributed by atoms with Crippen LogP contribution in [0.4, 0.5) is 13.2 Å². The molecule has 6 heteroatoms. The van der Waals surface area contributed by atoms with E-state index in [2.05, 4.69) is 4.98 Å². The molecule has 0 radical (unpaired) electrons. The summed E-state index contributed by atoms with van der Waals surface area (Å²) in [4.78, 5) is 5.15. The largest absolute Gasteiger partial charge is 0.401 e. The molecule has 0 aromatic carbocycles. The van der Waals surface area contributed by atoms with Crippen LogP contribution in [0.5, 0.6) is 0 Å². The minimum absolute atomic E-state index is 0.232. The number of rotatable bonds is 5. The number of hydrogen-bond acceptors (Lipinski definition) is 2. The number of aromatic nitrogens is 1. The summed E-state index contributed by atoms with van der Waals surface area (Å²) in [5, 5.41) is 0.297. The van der Waals surface area contributed by atoms with Gasteiger partial charge in [-0.3, -0.25) is 4.90 Å². The first-order chi connectivity index (χ1) is 7.90. The number of halogens is 4. The van der Waals surface area contributed by atoms with Gasteiger partial charge < -0.3 is 0 Å². The normalized spacial score (nSPS) is 12.1. The van der Waals surface area contributed by atoms with Gasteiger partial charge in [-0.1, -0.05) is 18.5 Å². The molecule has 0 amide bonds. The molecule has 96 valence electrons. The van der Waals surface area contributed by atoms with E-state index in [1.807, 2.05) is 6.92 Å².